The number of nitrogens with zero attached hydrogens (tertiary/aromatic N) is 3. The number of hydrogen-bond acceptors (Lipinski definition) is 4. The van der Waals surface area contributed by atoms with Crippen LogP contribution < -0.4 is 0 Å². The zero-order chi connectivity index (χ0) is 13.4. The topological polar surface area (TPSA) is 87.7 Å². The summed E-state index contributed by atoms with van der Waals surface area (Å²) in [5, 5.41) is 26.4. The molecule has 94 valence electrons. The largest absolute Gasteiger partial charge is 0.508 e. The Hall–Kier alpha value is -2.89. The van der Waals surface area contributed by atoms with E-state index in [9.17, 15) is 9.90 Å². The first-order valence-electron chi connectivity index (χ1n) is 5.53. The maximum atomic E-state index is 11.1. The summed E-state index contributed by atoms with van der Waals surface area (Å²) in [6, 6.07) is 9.64. The summed E-state index contributed by atoms with van der Waals surface area (Å²) in [6.45, 7) is 0. The lowest BCUT2D eigenvalue weighted by Crippen LogP contribution is -2.00. The molecule has 3 aromatic rings. The average Bonchev–Trinajstić information content (AvgIpc) is 2.82. The molecular formula is C13H9N3O3. The number of benzene rings is 1. The Labute approximate surface area is 107 Å². The molecule has 6 nitrogen and oxygen atoms in total. The summed E-state index contributed by atoms with van der Waals surface area (Å²) in [5.41, 5.74) is 1.02. The number of aromatic nitrogens is 3. The Morgan fingerprint density at radius 3 is 2.74 bits per heavy atom. The zero-order valence-corrected chi connectivity index (χ0v) is 9.69. The fourth-order valence-electron chi connectivity index (χ4n) is 1.92. The van der Waals surface area contributed by atoms with Crippen molar-refractivity contribution in [2.75, 3.05) is 0 Å². The number of hydrogen-bond donors (Lipinski definition) is 2. The molecule has 2 heterocycles. The first-order valence-corrected chi connectivity index (χ1v) is 5.53. The van der Waals surface area contributed by atoms with Gasteiger partial charge in [0.1, 0.15) is 11.3 Å². The molecule has 6 heteroatoms. The number of phenols is 1. The smallest absolute Gasteiger partial charge is 0.339 e. The normalized spacial score (nSPS) is 10.7. The Bertz CT molecular complexity index is 780. The standard InChI is InChI=1S/C13H9N3O3/c17-9-4-1-3-8(7-9)11-14-15-12-10(13(18)19)5-2-6-16(11)12/h1-7,17H,(H,18,19). The second kappa shape index (κ2) is 4.09. The van der Waals surface area contributed by atoms with Gasteiger partial charge in [-0.1, -0.05) is 12.1 Å². The van der Waals surface area contributed by atoms with Crippen LogP contribution >= 0.6 is 0 Å². The Balaban J connectivity index is 2.27. The van der Waals surface area contributed by atoms with Crippen molar-refractivity contribution in [2.24, 2.45) is 0 Å². The van der Waals surface area contributed by atoms with E-state index >= 15 is 0 Å². The summed E-state index contributed by atoms with van der Waals surface area (Å²) < 4.78 is 1.58. The minimum atomic E-state index is -1.06. The molecule has 0 atom stereocenters. The van der Waals surface area contributed by atoms with Crippen molar-refractivity contribution in [1.29, 1.82) is 0 Å². The van der Waals surface area contributed by atoms with Gasteiger partial charge >= 0.3 is 5.97 Å². The molecule has 0 aliphatic heterocycles. The molecule has 0 bridgehead atoms. The van der Waals surface area contributed by atoms with E-state index in [2.05, 4.69) is 10.2 Å². The number of phenolic OH excluding ortho intramolecular Hbond substituents is 1. The van der Waals surface area contributed by atoms with Gasteiger partial charge in [0, 0.05) is 11.8 Å². The average molecular weight is 255 g/mol. The number of carboxylic acid groups (broad SMARTS) is 1. The zero-order valence-electron chi connectivity index (χ0n) is 9.69. The quantitative estimate of drug-likeness (QED) is 0.729. The van der Waals surface area contributed by atoms with Crippen molar-refractivity contribution in [3.8, 4) is 17.1 Å². The van der Waals surface area contributed by atoms with Crippen molar-refractivity contribution < 1.29 is 15.0 Å². The number of carboxylic acids is 1. The lowest BCUT2D eigenvalue weighted by atomic mass is 10.2. The van der Waals surface area contributed by atoms with E-state index < -0.39 is 5.97 Å². The molecule has 0 amide bonds. The predicted octanol–water partition coefficient (Wildman–Crippen LogP) is 1.80. The summed E-state index contributed by atoms with van der Waals surface area (Å²) in [5.74, 6) is -0.460. The van der Waals surface area contributed by atoms with Gasteiger partial charge in [0.05, 0.1) is 0 Å². The van der Waals surface area contributed by atoms with Crippen LogP contribution in [0.3, 0.4) is 0 Å². The summed E-state index contributed by atoms with van der Waals surface area (Å²) >= 11 is 0. The number of fused-ring (bicyclic) bond motifs is 1. The third kappa shape index (κ3) is 1.79. The Kier molecular flexibility index (Phi) is 2.42. The molecule has 19 heavy (non-hydrogen) atoms. The fourth-order valence-corrected chi connectivity index (χ4v) is 1.92. The van der Waals surface area contributed by atoms with Gasteiger partial charge in [0.2, 0.25) is 0 Å². The van der Waals surface area contributed by atoms with Crippen molar-refractivity contribution in [3.05, 3.63) is 48.2 Å². The minimum Gasteiger partial charge on any atom is -0.508 e. The van der Waals surface area contributed by atoms with E-state index in [0.29, 0.717) is 11.4 Å². The molecule has 0 aliphatic carbocycles. The minimum absolute atomic E-state index is 0.0846. The van der Waals surface area contributed by atoms with E-state index in [-0.39, 0.29) is 17.0 Å². The number of aromatic carboxylic acids is 1. The summed E-state index contributed by atoms with van der Waals surface area (Å²) in [7, 11) is 0. The van der Waals surface area contributed by atoms with Crippen molar-refractivity contribution >= 4 is 11.6 Å². The fraction of sp³-hybridized carbons (Fsp3) is 0. The van der Waals surface area contributed by atoms with Gasteiger partial charge in [0.15, 0.2) is 11.5 Å². The first kappa shape index (κ1) is 11.2. The van der Waals surface area contributed by atoms with Gasteiger partial charge in [-0.2, -0.15) is 0 Å². The van der Waals surface area contributed by atoms with Gasteiger partial charge in [-0.05, 0) is 24.3 Å². The third-order valence-electron chi connectivity index (χ3n) is 2.77. The van der Waals surface area contributed by atoms with E-state index in [1.54, 1.807) is 40.9 Å². The molecule has 0 aliphatic rings. The maximum Gasteiger partial charge on any atom is 0.339 e. The Morgan fingerprint density at radius 1 is 1.16 bits per heavy atom. The van der Waals surface area contributed by atoms with Crippen LogP contribution in [0.25, 0.3) is 17.0 Å². The third-order valence-corrected chi connectivity index (χ3v) is 2.77. The van der Waals surface area contributed by atoms with Gasteiger partial charge in [-0.3, -0.25) is 4.40 Å². The number of carbonyl (C=O) groups is 1. The van der Waals surface area contributed by atoms with Gasteiger partial charge in [-0.15, -0.1) is 10.2 Å². The highest BCUT2D eigenvalue weighted by Gasteiger charge is 2.14. The van der Waals surface area contributed by atoms with Crippen LogP contribution in [0.2, 0.25) is 0 Å². The number of aromatic hydroxyl groups is 1. The molecule has 3 rings (SSSR count). The van der Waals surface area contributed by atoms with E-state index in [1.165, 1.54) is 6.07 Å². The molecule has 0 saturated heterocycles. The second-order valence-corrected chi connectivity index (χ2v) is 3.99. The van der Waals surface area contributed by atoms with E-state index in [4.69, 9.17) is 5.11 Å². The molecule has 0 unspecified atom stereocenters. The van der Waals surface area contributed by atoms with E-state index in [1.807, 2.05) is 0 Å². The second-order valence-electron chi connectivity index (χ2n) is 3.99. The molecule has 0 fully saturated rings. The Morgan fingerprint density at radius 2 is 2.00 bits per heavy atom. The van der Waals surface area contributed by atoms with Gasteiger partial charge in [-0.25, -0.2) is 4.79 Å². The molecule has 0 saturated carbocycles. The summed E-state index contributed by atoms with van der Waals surface area (Å²) in [4.78, 5) is 11.1. The SMILES string of the molecule is O=C(O)c1cccn2c(-c3cccc(O)c3)nnc12. The van der Waals surface area contributed by atoms with E-state index in [0.717, 1.165) is 0 Å². The van der Waals surface area contributed by atoms with Crippen molar-refractivity contribution in [3.63, 3.8) is 0 Å². The first-order chi connectivity index (χ1) is 9.16. The lowest BCUT2D eigenvalue weighted by Gasteiger charge is -2.01. The monoisotopic (exact) mass is 255 g/mol. The van der Waals surface area contributed by atoms with Crippen LogP contribution in [0.1, 0.15) is 10.4 Å². The lowest BCUT2D eigenvalue weighted by molar-refractivity contribution is 0.0698. The number of rotatable bonds is 2. The highest BCUT2D eigenvalue weighted by Crippen LogP contribution is 2.23. The van der Waals surface area contributed by atoms with Crippen LogP contribution in [0.15, 0.2) is 42.6 Å². The van der Waals surface area contributed by atoms with Crippen LogP contribution in [-0.4, -0.2) is 30.8 Å². The maximum absolute atomic E-state index is 11.1. The highest BCUT2D eigenvalue weighted by molar-refractivity contribution is 5.94. The highest BCUT2D eigenvalue weighted by atomic mass is 16.4. The van der Waals surface area contributed by atoms with Gasteiger partial charge in [0.25, 0.3) is 0 Å². The van der Waals surface area contributed by atoms with Crippen LogP contribution in [0.4, 0.5) is 0 Å². The van der Waals surface area contributed by atoms with Crippen molar-refractivity contribution in [1.82, 2.24) is 14.6 Å². The molecular weight excluding hydrogens is 246 g/mol. The molecule has 0 spiro atoms. The van der Waals surface area contributed by atoms with Crippen LogP contribution in [-0.2, 0) is 0 Å². The molecule has 2 N–H and O–H groups in total. The van der Waals surface area contributed by atoms with Crippen LogP contribution in [0, 0.1) is 0 Å². The molecule has 2 aromatic heterocycles. The molecule has 1 aromatic carbocycles. The summed E-state index contributed by atoms with van der Waals surface area (Å²) in [6.07, 6.45) is 1.68. The van der Waals surface area contributed by atoms with Crippen LogP contribution in [0.5, 0.6) is 5.75 Å². The predicted molar refractivity (Wildman–Crippen MR) is 67.0 cm³/mol. The van der Waals surface area contributed by atoms with Gasteiger partial charge < -0.3 is 10.2 Å². The molecule has 0 radical (unpaired) electrons. The number of pyridine rings is 1. The van der Waals surface area contributed by atoms with Crippen molar-refractivity contribution in [2.45, 2.75) is 0 Å².